The molecule has 180 valence electrons. The first-order valence-corrected chi connectivity index (χ1v) is 11.6. The quantitative estimate of drug-likeness (QED) is 0.437. The summed E-state index contributed by atoms with van der Waals surface area (Å²) in [6.07, 6.45) is 2.00. The minimum atomic E-state index is -0.626. The second-order valence-electron chi connectivity index (χ2n) is 8.05. The number of aryl methyl sites for hydroxylation is 2. The van der Waals surface area contributed by atoms with E-state index in [2.05, 4.69) is 21.4 Å². The summed E-state index contributed by atoms with van der Waals surface area (Å²) in [6.45, 7) is 3.59. The zero-order valence-electron chi connectivity index (χ0n) is 19.0. The third kappa shape index (κ3) is 5.23. The van der Waals surface area contributed by atoms with Gasteiger partial charge < -0.3 is 4.42 Å². The van der Waals surface area contributed by atoms with Gasteiger partial charge in [0.15, 0.2) is 5.76 Å². The smallest absolute Gasteiger partial charge is 0.305 e. The molecule has 4 rings (SSSR count). The van der Waals surface area contributed by atoms with Gasteiger partial charge in [-0.15, -0.1) is 0 Å². The molecule has 0 saturated heterocycles. The Balaban J connectivity index is 1.49. The monoisotopic (exact) mass is 512 g/mol. The van der Waals surface area contributed by atoms with E-state index >= 15 is 0 Å². The number of amides is 3. The van der Waals surface area contributed by atoms with E-state index in [1.54, 1.807) is 19.1 Å². The first kappa shape index (κ1) is 24.5. The molecule has 0 saturated carbocycles. The van der Waals surface area contributed by atoms with Gasteiger partial charge in [0.2, 0.25) is 0 Å². The molecule has 0 unspecified atom stereocenters. The summed E-state index contributed by atoms with van der Waals surface area (Å²) in [5, 5.41) is 4.88. The largest absolute Gasteiger partial charge is 0.455 e. The molecule has 2 aromatic carbocycles. The van der Waals surface area contributed by atoms with Crippen LogP contribution in [-0.4, -0.2) is 23.4 Å². The van der Waals surface area contributed by atoms with E-state index in [1.165, 1.54) is 18.2 Å². The average molecular weight is 513 g/mol. The van der Waals surface area contributed by atoms with Gasteiger partial charge in [0.25, 0.3) is 11.8 Å². The second kappa shape index (κ2) is 10.3. The normalized spacial score (nSPS) is 13.8. The van der Waals surface area contributed by atoms with Crippen molar-refractivity contribution in [1.82, 2.24) is 16.3 Å². The number of hydrogen-bond donors (Lipinski definition) is 3. The predicted octanol–water partition coefficient (Wildman–Crippen LogP) is 4.75. The first-order chi connectivity index (χ1) is 16.8. The van der Waals surface area contributed by atoms with Crippen LogP contribution in [-0.2, 0) is 6.42 Å². The number of hydrazone groups is 1. The van der Waals surface area contributed by atoms with E-state index in [1.807, 2.05) is 19.1 Å². The van der Waals surface area contributed by atoms with Gasteiger partial charge in [-0.25, -0.2) is 5.43 Å². The topological polar surface area (TPSA) is 113 Å². The minimum absolute atomic E-state index is 0.0531. The lowest BCUT2D eigenvalue weighted by Gasteiger charge is -2.13. The van der Waals surface area contributed by atoms with E-state index in [0.717, 1.165) is 12.0 Å². The standard InChI is InChI=1S/C25H22Cl2N4O4/c1-13-6-3-4-7-16(13)23(32)29-28-19-8-5-9-20-21(19)14(2)22(35-20)25(34)31-30-24(33)17-11-10-15(26)12-18(17)27/h3-4,6-7,10-12H,5,8-9H2,1-2H3,(H,29,32)(H,30,33)(H,31,34)/b28-19+. The van der Waals surface area contributed by atoms with Gasteiger partial charge in [-0.3, -0.25) is 25.2 Å². The van der Waals surface area contributed by atoms with Crippen LogP contribution in [0.4, 0.5) is 0 Å². The van der Waals surface area contributed by atoms with Crippen LogP contribution in [0.25, 0.3) is 0 Å². The Labute approximate surface area is 211 Å². The highest BCUT2D eigenvalue weighted by Crippen LogP contribution is 2.30. The predicted molar refractivity (Wildman–Crippen MR) is 133 cm³/mol. The Morgan fingerprint density at radius 1 is 0.914 bits per heavy atom. The van der Waals surface area contributed by atoms with Gasteiger partial charge in [0.1, 0.15) is 5.76 Å². The fourth-order valence-electron chi connectivity index (χ4n) is 3.91. The molecule has 3 N–H and O–H groups in total. The highest BCUT2D eigenvalue weighted by molar-refractivity contribution is 6.36. The number of fused-ring (bicyclic) bond motifs is 1. The molecule has 0 atom stereocenters. The lowest BCUT2D eigenvalue weighted by Crippen LogP contribution is -2.41. The fraction of sp³-hybridized carbons (Fsp3) is 0.200. The van der Waals surface area contributed by atoms with Gasteiger partial charge in [-0.1, -0.05) is 41.4 Å². The maximum absolute atomic E-state index is 12.8. The van der Waals surface area contributed by atoms with Crippen molar-refractivity contribution in [3.8, 4) is 0 Å². The summed E-state index contributed by atoms with van der Waals surface area (Å²) in [7, 11) is 0. The highest BCUT2D eigenvalue weighted by Gasteiger charge is 2.28. The Kier molecular flexibility index (Phi) is 7.23. The van der Waals surface area contributed by atoms with Crippen molar-refractivity contribution in [1.29, 1.82) is 0 Å². The van der Waals surface area contributed by atoms with E-state index < -0.39 is 11.8 Å². The molecule has 8 nitrogen and oxygen atoms in total. The molecule has 1 aliphatic rings. The molecule has 10 heteroatoms. The number of rotatable bonds is 4. The van der Waals surface area contributed by atoms with Gasteiger partial charge in [0.05, 0.1) is 16.3 Å². The van der Waals surface area contributed by atoms with Crippen LogP contribution in [0.1, 0.15) is 66.6 Å². The SMILES string of the molecule is Cc1ccccc1C(=O)N/N=C1\CCCc2oc(C(=O)NNC(=O)c3ccc(Cl)cc3Cl)c(C)c21. The highest BCUT2D eigenvalue weighted by atomic mass is 35.5. The van der Waals surface area contributed by atoms with Gasteiger partial charge in [-0.2, -0.15) is 5.10 Å². The molecule has 0 radical (unpaired) electrons. The molecule has 0 fully saturated rings. The molecule has 0 bridgehead atoms. The Bertz CT molecular complexity index is 1360. The van der Waals surface area contributed by atoms with E-state index in [-0.39, 0.29) is 22.3 Å². The average Bonchev–Trinajstić information content (AvgIpc) is 3.18. The minimum Gasteiger partial charge on any atom is -0.455 e. The van der Waals surface area contributed by atoms with Gasteiger partial charge in [0, 0.05) is 28.1 Å². The van der Waals surface area contributed by atoms with Crippen molar-refractivity contribution in [2.45, 2.75) is 33.1 Å². The Morgan fingerprint density at radius 3 is 2.40 bits per heavy atom. The van der Waals surface area contributed by atoms with Gasteiger partial charge >= 0.3 is 5.91 Å². The summed E-state index contributed by atoms with van der Waals surface area (Å²) in [5.74, 6) is -0.883. The molecule has 35 heavy (non-hydrogen) atoms. The van der Waals surface area contributed by atoms with Crippen molar-refractivity contribution in [2.75, 3.05) is 0 Å². The van der Waals surface area contributed by atoms with Crippen molar-refractivity contribution in [3.63, 3.8) is 0 Å². The molecular weight excluding hydrogens is 491 g/mol. The summed E-state index contributed by atoms with van der Waals surface area (Å²) >= 11 is 11.9. The van der Waals surface area contributed by atoms with Crippen LogP contribution in [0.2, 0.25) is 10.0 Å². The van der Waals surface area contributed by atoms with Gasteiger partial charge in [-0.05, 0) is 56.5 Å². The maximum atomic E-state index is 12.8. The second-order valence-corrected chi connectivity index (χ2v) is 8.90. The third-order valence-corrected chi connectivity index (χ3v) is 6.23. The number of nitrogens with one attached hydrogen (secondary N) is 3. The molecule has 1 aliphatic carbocycles. The molecule has 3 amide bonds. The number of hydrogen-bond acceptors (Lipinski definition) is 5. The first-order valence-electron chi connectivity index (χ1n) is 10.9. The number of carbonyl (C=O) groups excluding carboxylic acids is 3. The van der Waals surface area contributed by atoms with E-state index in [0.29, 0.717) is 46.0 Å². The Morgan fingerprint density at radius 2 is 1.66 bits per heavy atom. The molecule has 0 spiro atoms. The number of furan rings is 1. The molecule has 0 aliphatic heterocycles. The zero-order chi connectivity index (χ0) is 25.1. The fourth-order valence-corrected chi connectivity index (χ4v) is 4.41. The molecule has 1 aromatic heterocycles. The molecule has 3 aromatic rings. The number of hydrazine groups is 1. The van der Waals surface area contributed by atoms with Crippen LogP contribution >= 0.6 is 23.2 Å². The lowest BCUT2D eigenvalue weighted by molar-refractivity contribution is 0.0829. The summed E-state index contributed by atoms with van der Waals surface area (Å²) < 4.78 is 5.82. The van der Waals surface area contributed by atoms with Crippen LogP contribution in [0.15, 0.2) is 52.0 Å². The number of benzene rings is 2. The summed E-state index contributed by atoms with van der Waals surface area (Å²) in [6, 6.07) is 11.6. The Hall–Kier alpha value is -3.62. The summed E-state index contributed by atoms with van der Waals surface area (Å²) in [4.78, 5) is 37.7. The van der Waals surface area contributed by atoms with Crippen LogP contribution in [0.5, 0.6) is 0 Å². The van der Waals surface area contributed by atoms with Crippen molar-refractivity contribution >= 4 is 46.6 Å². The van der Waals surface area contributed by atoms with Crippen molar-refractivity contribution in [3.05, 3.63) is 91.8 Å². The van der Waals surface area contributed by atoms with Crippen LogP contribution < -0.4 is 16.3 Å². The van der Waals surface area contributed by atoms with E-state index in [4.69, 9.17) is 27.6 Å². The van der Waals surface area contributed by atoms with E-state index in [9.17, 15) is 14.4 Å². The lowest BCUT2D eigenvalue weighted by atomic mass is 9.93. The number of nitrogens with zero attached hydrogens (tertiary/aromatic N) is 1. The number of halogens is 2. The molecule has 1 heterocycles. The zero-order valence-corrected chi connectivity index (χ0v) is 20.5. The van der Waals surface area contributed by atoms with Crippen LogP contribution in [0.3, 0.4) is 0 Å². The van der Waals surface area contributed by atoms with Crippen molar-refractivity contribution in [2.24, 2.45) is 5.10 Å². The van der Waals surface area contributed by atoms with Crippen molar-refractivity contribution < 1.29 is 18.8 Å². The molecular formula is C25H22Cl2N4O4. The third-order valence-electron chi connectivity index (χ3n) is 5.68. The van der Waals surface area contributed by atoms with Crippen LogP contribution in [0, 0.1) is 13.8 Å². The number of carbonyl (C=O) groups is 3. The maximum Gasteiger partial charge on any atom is 0.305 e. The summed E-state index contributed by atoms with van der Waals surface area (Å²) in [5.41, 5.74) is 10.7.